The number of hydrogen-bond donors (Lipinski definition) is 1. The highest BCUT2D eigenvalue weighted by atomic mass is 79.9. The molecule has 0 atom stereocenters. The Labute approximate surface area is 123 Å². The average Bonchev–Trinajstić information content (AvgIpc) is 2.98. The summed E-state index contributed by atoms with van der Waals surface area (Å²) in [5.41, 5.74) is 8.94. The summed E-state index contributed by atoms with van der Waals surface area (Å²) in [7, 11) is 0. The van der Waals surface area contributed by atoms with Crippen molar-refractivity contribution >= 4 is 33.1 Å². The van der Waals surface area contributed by atoms with Gasteiger partial charge in [-0.15, -0.1) is 11.3 Å². The molecule has 3 aromatic rings. The molecule has 5 heteroatoms. The second-order valence-corrected chi connectivity index (χ2v) is 6.07. The Morgan fingerprint density at radius 3 is 2.84 bits per heavy atom. The third kappa shape index (κ3) is 2.19. The molecular formula is C14H11BrN2OS. The van der Waals surface area contributed by atoms with E-state index in [-0.39, 0.29) is 0 Å². The van der Waals surface area contributed by atoms with Crippen LogP contribution in [-0.4, -0.2) is 5.16 Å². The monoisotopic (exact) mass is 334 g/mol. The Hall–Kier alpha value is -1.59. The molecule has 0 unspecified atom stereocenters. The van der Waals surface area contributed by atoms with Gasteiger partial charge in [-0.25, -0.2) is 0 Å². The normalized spacial score (nSPS) is 10.8. The van der Waals surface area contributed by atoms with E-state index >= 15 is 0 Å². The third-order valence-electron chi connectivity index (χ3n) is 2.92. The van der Waals surface area contributed by atoms with Gasteiger partial charge < -0.3 is 10.3 Å². The number of benzene rings is 1. The van der Waals surface area contributed by atoms with E-state index < -0.39 is 0 Å². The van der Waals surface area contributed by atoms with Crippen LogP contribution < -0.4 is 5.73 Å². The number of rotatable bonds is 2. The number of hydrogen-bond acceptors (Lipinski definition) is 4. The number of nitrogens with zero attached hydrogens (tertiary/aromatic N) is 1. The lowest BCUT2D eigenvalue weighted by Gasteiger charge is -2.04. The minimum atomic E-state index is 0.430. The molecule has 0 saturated heterocycles. The Morgan fingerprint density at radius 2 is 2.16 bits per heavy atom. The zero-order valence-corrected chi connectivity index (χ0v) is 12.6. The standard InChI is InChI=1S/C14H11BrN2OS/c1-8-7-9(15)4-5-10(8)13-12(14(16)17-18-13)11-3-2-6-19-11/h2-7H,1H3,(H2,16,17). The van der Waals surface area contributed by atoms with Gasteiger partial charge >= 0.3 is 0 Å². The molecule has 19 heavy (non-hydrogen) atoms. The molecule has 2 heterocycles. The topological polar surface area (TPSA) is 52.0 Å². The van der Waals surface area contributed by atoms with E-state index in [4.69, 9.17) is 10.3 Å². The molecule has 0 saturated carbocycles. The van der Waals surface area contributed by atoms with Gasteiger partial charge in [0.25, 0.3) is 0 Å². The van der Waals surface area contributed by atoms with Gasteiger partial charge in [0.2, 0.25) is 0 Å². The summed E-state index contributed by atoms with van der Waals surface area (Å²) in [5.74, 6) is 1.16. The predicted octanol–water partition coefficient (Wildman–Crippen LogP) is 4.72. The second-order valence-electron chi connectivity index (χ2n) is 4.21. The quantitative estimate of drug-likeness (QED) is 0.737. The first-order valence-electron chi connectivity index (χ1n) is 5.72. The summed E-state index contributed by atoms with van der Waals surface area (Å²) in [5, 5.41) is 5.92. The van der Waals surface area contributed by atoms with Gasteiger partial charge in [0.1, 0.15) is 0 Å². The van der Waals surface area contributed by atoms with Crippen LogP contribution in [0.4, 0.5) is 5.82 Å². The van der Waals surface area contributed by atoms with Gasteiger partial charge in [-0.1, -0.05) is 27.2 Å². The number of thiophene rings is 1. The zero-order chi connectivity index (χ0) is 13.4. The van der Waals surface area contributed by atoms with Crippen LogP contribution in [0, 0.1) is 6.92 Å². The number of aryl methyl sites for hydroxylation is 1. The van der Waals surface area contributed by atoms with Crippen LogP contribution in [0.1, 0.15) is 5.56 Å². The number of aromatic nitrogens is 1. The first kappa shape index (κ1) is 12.4. The van der Waals surface area contributed by atoms with Crippen molar-refractivity contribution in [3.05, 3.63) is 45.7 Å². The Kier molecular flexibility index (Phi) is 3.16. The highest BCUT2D eigenvalue weighted by molar-refractivity contribution is 9.10. The molecule has 0 bridgehead atoms. The van der Waals surface area contributed by atoms with Gasteiger partial charge in [-0.05, 0) is 42.1 Å². The summed E-state index contributed by atoms with van der Waals surface area (Å²) in [6, 6.07) is 10.1. The van der Waals surface area contributed by atoms with E-state index in [9.17, 15) is 0 Å². The molecule has 0 fully saturated rings. The zero-order valence-electron chi connectivity index (χ0n) is 10.2. The molecule has 2 N–H and O–H groups in total. The molecule has 0 spiro atoms. The Morgan fingerprint density at radius 1 is 1.32 bits per heavy atom. The SMILES string of the molecule is Cc1cc(Br)ccc1-c1onc(N)c1-c1cccs1. The van der Waals surface area contributed by atoms with Gasteiger partial charge in [0, 0.05) is 14.9 Å². The highest BCUT2D eigenvalue weighted by Crippen LogP contribution is 2.40. The van der Waals surface area contributed by atoms with Gasteiger partial charge in [0.15, 0.2) is 11.6 Å². The first-order valence-corrected chi connectivity index (χ1v) is 7.39. The van der Waals surface area contributed by atoms with Gasteiger partial charge in [-0.2, -0.15) is 0 Å². The molecular weight excluding hydrogens is 324 g/mol. The number of nitrogen functional groups attached to an aromatic ring is 1. The van der Waals surface area contributed by atoms with E-state index in [1.165, 1.54) is 0 Å². The molecule has 1 aromatic carbocycles. The van der Waals surface area contributed by atoms with Crippen LogP contribution in [0.2, 0.25) is 0 Å². The van der Waals surface area contributed by atoms with E-state index in [1.54, 1.807) is 11.3 Å². The Bertz CT molecular complexity index is 719. The van der Waals surface area contributed by atoms with E-state index in [0.29, 0.717) is 5.82 Å². The van der Waals surface area contributed by atoms with Crippen molar-refractivity contribution < 1.29 is 4.52 Å². The lowest BCUT2D eigenvalue weighted by atomic mass is 10.0. The fourth-order valence-corrected chi connectivity index (χ4v) is 3.28. The van der Waals surface area contributed by atoms with Crippen molar-refractivity contribution in [2.45, 2.75) is 6.92 Å². The van der Waals surface area contributed by atoms with E-state index in [1.807, 2.05) is 42.6 Å². The van der Waals surface area contributed by atoms with Gasteiger partial charge in [0.05, 0.1) is 5.56 Å². The van der Waals surface area contributed by atoms with Crippen LogP contribution >= 0.6 is 27.3 Å². The van der Waals surface area contributed by atoms with Crippen LogP contribution in [0.25, 0.3) is 21.8 Å². The molecule has 0 radical (unpaired) electrons. The number of halogens is 1. The molecule has 0 aliphatic rings. The van der Waals surface area contributed by atoms with Crippen molar-refractivity contribution in [1.82, 2.24) is 5.16 Å². The molecule has 3 rings (SSSR count). The second kappa shape index (κ2) is 4.83. The summed E-state index contributed by atoms with van der Waals surface area (Å²) >= 11 is 5.09. The highest BCUT2D eigenvalue weighted by Gasteiger charge is 2.19. The Balaban J connectivity index is 2.21. The third-order valence-corrected chi connectivity index (χ3v) is 4.30. The summed E-state index contributed by atoms with van der Waals surface area (Å²) in [6.45, 7) is 2.04. The van der Waals surface area contributed by atoms with Crippen molar-refractivity contribution in [3.8, 4) is 21.8 Å². The smallest absolute Gasteiger partial charge is 0.178 e. The molecule has 0 amide bonds. The largest absolute Gasteiger partial charge is 0.380 e. The maximum Gasteiger partial charge on any atom is 0.178 e. The fraction of sp³-hybridized carbons (Fsp3) is 0.0714. The van der Waals surface area contributed by atoms with Crippen LogP contribution in [0.3, 0.4) is 0 Å². The van der Waals surface area contributed by atoms with Crippen molar-refractivity contribution in [1.29, 1.82) is 0 Å². The maximum absolute atomic E-state index is 5.94. The van der Waals surface area contributed by atoms with Crippen LogP contribution in [0.15, 0.2) is 44.7 Å². The van der Waals surface area contributed by atoms with Crippen molar-refractivity contribution in [2.75, 3.05) is 5.73 Å². The van der Waals surface area contributed by atoms with E-state index in [2.05, 4.69) is 21.1 Å². The minimum absolute atomic E-state index is 0.430. The minimum Gasteiger partial charge on any atom is -0.380 e. The van der Waals surface area contributed by atoms with E-state index in [0.717, 1.165) is 31.8 Å². The molecule has 0 aliphatic carbocycles. The van der Waals surface area contributed by atoms with Crippen LogP contribution in [-0.2, 0) is 0 Å². The summed E-state index contributed by atoms with van der Waals surface area (Å²) < 4.78 is 6.48. The average molecular weight is 335 g/mol. The fourth-order valence-electron chi connectivity index (χ4n) is 2.03. The summed E-state index contributed by atoms with van der Waals surface area (Å²) in [6.07, 6.45) is 0. The molecule has 0 aliphatic heterocycles. The van der Waals surface area contributed by atoms with Crippen molar-refractivity contribution in [3.63, 3.8) is 0 Å². The lowest BCUT2D eigenvalue weighted by Crippen LogP contribution is -1.88. The molecule has 96 valence electrons. The first-order chi connectivity index (χ1) is 9.16. The lowest BCUT2D eigenvalue weighted by molar-refractivity contribution is 0.436. The molecule has 3 nitrogen and oxygen atoms in total. The number of nitrogens with two attached hydrogens (primary N) is 1. The summed E-state index contributed by atoms with van der Waals surface area (Å²) in [4.78, 5) is 1.07. The van der Waals surface area contributed by atoms with Gasteiger partial charge in [-0.3, -0.25) is 0 Å². The van der Waals surface area contributed by atoms with Crippen LogP contribution in [0.5, 0.6) is 0 Å². The van der Waals surface area contributed by atoms with Crippen molar-refractivity contribution in [2.24, 2.45) is 0 Å². The number of anilines is 1. The predicted molar refractivity (Wildman–Crippen MR) is 82.1 cm³/mol. The maximum atomic E-state index is 5.94. The molecule has 2 aromatic heterocycles.